The molecule has 6 rings (SSSR count). The summed E-state index contributed by atoms with van der Waals surface area (Å²) < 4.78 is 17.7. The van der Waals surface area contributed by atoms with Gasteiger partial charge in [0, 0.05) is 51.5 Å². The van der Waals surface area contributed by atoms with Crippen LogP contribution in [-0.2, 0) is 6.54 Å². The van der Waals surface area contributed by atoms with Crippen molar-refractivity contribution in [3.8, 4) is 17.1 Å². The van der Waals surface area contributed by atoms with Crippen molar-refractivity contribution in [2.75, 3.05) is 49.5 Å². The maximum atomic E-state index is 15.9. The van der Waals surface area contributed by atoms with E-state index in [2.05, 4.69) is 25.6 Å². The number of aromatic hydroxyl groups is 1. The summed E-state index contributed by atoms with van der Waals surface area (Å²) in [6.45, 7) is 5.43. The molecule has 2 aliphatic rings. The summed E-state index contributed by atoms with van der Waals surface area (Å²) in [5.74, 6) is 0.905. The van der Waals surface area contributed by atoms with Gasteiger partial charge in [-0.2, -0.15) is 9.49 Å². The van der Waals surface area contributed by atoms with E-state index in [4.69, 9.17) is 4.98 Å². The number of rotatable bonds is 6. The summed E-state index contributed by atoms with van der Waals surface area (Å²) >= 11 is 0. The van der Waals surface area contributed by atoms with E-state index in [1.807, 2.05) is 41.4 Å². The highest BCUT2D eigenvalue weighted by molar-refractivity contribution is 5.77. The van der Waals surface area contributed by atoms with Crippen LogP contribution >= 0.6 is 0 Å². The van der Waals surface area contributed by atoms with Gasteiger partial charge >= 0.3 is 0 Å². The van der Waals surface area contributed by atoms with Crippen LogP contribution in [0.5, 0.6) is 5.75 Å². The van der Waals surface area contributed by atoms with Crippen molar-refractivity contribution in [1.82, 2.24) is 29.8 Å². The lowest BCUT2D eigenvalue weighted by molar-refractivity contribution is 0.248. The second-order valence-corrected chi connectivity index (χ2v) is 9.74. The van der Waals surface area contributed by atoms with Crippen LogP contribution in [0, 0.1) is 5.82 Å². The predicted octanol–water partition coefficient (Wildman–Crippen LogP) is 3.12. The normalized spacial score (nSPS) is 18.8. The van der Waals surface area contributed by atoms with Gasteiger partial charge in [0.05, 0.1) is 17.3 Å². The zero-order valence-corrected chi connectivity index (χ0v) is 20.6. The second kappa shape index (κ2) is 10.3. The van der Waals surface area contributed by atoms with Crippen LogP contribution in [-0.4, -0.2) is 74.9 Å². The molecule has 192 valence electrons. The van der Waals surface area contributed by atoms with Gasteiger partial charge in [-0.3, -0.25) is 4.90 Å². The molecule has 0 unspecified atom stereocenters. The van der Waals surface area contributed by atoms with E-state index in [1.54, 1.807) is 22.8 Å². The molecule has 0 radical (unpaired) electrons. The Morgan fingerprint density at radius 1 is 1.05 bits per heavy atom. The smallest absolute Gasteiger partial charge is 0.207 e. The van der Waals surface area contributed by atoms with E-state index in [9.17, 15) is 5.11 Å². The van der Waals surface area contributed by atoms with Crippen LogP contribution in [0.15, 0.2) is 54.9 Å². The number of fused-ring (bicyclic) bond motifs is 1. The van der Waals surface area contributed by atoms with Gasteiger partial charge in [0.1, 0.15) is 5.75 Å². The molecule has 0 amide bonds. The first-order valence-corrected chi connectivity index (χ1v) is 12.9. The van der Waals surface area contributed by atoms with Crippen molar-refractivity contribution in [2.24, 2.45) is 0 Å². The Hall–Kier alpha value is -3.76. The highest BCUT2D eigenvalue weighted by Crippen LogP contribution is 2.30. The molecule has 2 fully saturated rings. The molecule has 37 heavy (non-hydrogen) atoms. The summed E-state index contributed by atoms with van der Waals surface area (Å²) in [6.07, 6.45) is 5.63. The number of nitrogens with zero attached hydrogens (tertiary/aromatic N) is 6. The summed E-state index contributed by atoms with van der Waals surface area (Å²) in [5.41, 5.74) is 2.80. The number of hydrogen-bond donors (Lipinski definition) is 3. The summed E-state index contributed by atoms with van der Waals surface area (Å²) in [4.78, 5) is 13.8. The highest BCUT2D eigenvalue weighted by atomic mass is 19.1. The number of piperidine rings is 1. The van der Waals surface area contributed by atoms with Crippen molar-refractivity contribution in [3.63, 3.8) is 0 Å². The number of benzene rings is 1. The van der Waals surface area contributed by atoms with Crippen LogP contribution in [0.3, 0.4) is 0 Å². The number of phenols is 1. The van der Waals surface area contributed by atoms with Crippen molar-refractivity contribution < 1.29 is 9.50 Å². The molecule has 0 aliphatic carbocycles. The fraction of sp³-hybridized carbons (Fsp3) is 0.370. The molecule has 0 saturated carbocycles. The standard InChI is InChI=1S/C27H31FN8O/c28-24-26(31-20-4-3-10-29-16-20)32-25(22-17-30-36-11-2-1-5-23(22)36)33-27(24)35-14-12-34(13-15-35)18-19-6-8-21(37)9-7-19/h1-2,5-9,11,17,20,29,37H,3-4,10,12-16,18H2,(H,31,32,33)/t20-/m1/s1. The monoisotopic (exact) mass is 502 g/mol. The molecule has 0 spiro atoms. The molecule has 10 heteroatoms. The first-order valence-electron chi connectivity index (χ1n) is 12.9. The van der Waals surface area contributed by atoms with Gasteiger partial charge in [-0.1, -0.05) is 18.2 Å². The average molecular weight is 503 g/mol. The number of anilines is 2. The number of piperazine rings is 1. The Morgan fingerprint density at radius 2 is 1.89 bits per heavy atom. The number of phenolic OH excluding ortho intramolecular Hbond substituents is 1. The fourth-order valence-corrected chi connectivity index (χ4v) is 5.11. The zero-order valence-electron chi connectivity index (χ0n) is 20.6. The van der Waals surface area contributed by atoms with Crippen molar-refractivity contribution in [2.45, 2.75) is 25.4 Å². The third-order valence-corrected chi connectivity index (χ3v) is 7.15. The molecular formula is C27H31FN8O. The first-order chi connectivity index (χ1) is 18.1. The molecule has 3 N–H and O–H groups in total. The predicted molar refractivity (Wildman–Crippen MR) is 141 cm³/mol. The topological polar surface area (TPSA) is 93.9 Å². The van der Waals surface area contributed by atoms with Crippen LogP contribution in [0.2, 0.25) is 0 Å². The third-order valence-electron chi connectivity index (χ3n) is 7.15. The molecule has 2 saturated heterocycles. The van der Waals surface area contributed by atoms with E-state index < -0.39 is 5.82 Å². The van der Waals surface area contributed by atoms with E-state index in [-0.39, 0.29) is 17.6 Å². The minimum atomic E-state index is -0.405. The quantitative estimate of drug-likeness (QED) is 0.370. The van der Waals surface area contributed by atoms with E-state index in [1.165, 1.54) is 0 Å². The minimum absolute atomic E-state index is 0.116. The number of hydrogen-bond acceptors (Lipinski definition) is 8. The molecule has 1 aromatic carbocycles. The van der Waals surface area contributed by atoms with Gasteiger partial charge in [0.2, 0.25) is 5.82 Å². The van der Waals surface area contributed by atoms with Crippen LogP contribution < -0.4 is 15.5 Å². The van der Waals surface area contributed by atoms with Crippen LogP contribution in [0.25, 0.3) is 16.9 Å². The van der Waals surface area contributed by atoms with Gasteiger partial charge < -0.3 is 20.6 Å². The summed E-state index contributed by atoms with van der Waals surface area (Å²) in [5, 5.41) is 20.7. The largest absolute Gasteiger partial charge is 0.508 e. The first kappa shape index (κ1) is 23.6. The molecule has 3 aromatic heterocycles. The number of aromatic nitrogens is 4. The van der Waals surface area contributed by atoms with Crippen LogP contribution in [0.4, 0.5) is 16.0 Å². The fourth-order valence-electron chi connectivity index (χ4n) is 5.11. The molecule has 1 atom stereocenters. The number of nitrogens with one attached hydrogen (secondary N) is 2. The van der Waals surface area contributed by atoms with Gasteiger partial charge in [-0.05, 0) is 49.2 Å². The zero-order chi connectivity index (χ0) is 25.2. The van der Waals surface area contributed by atoms with Gasteiger partial charge in [-0.25, -0.2) is 14.5 Å². The van der Waals surface area contributed by atoms with Crippen LogP contribution in [0.1, 0.15) is 18.4 Å². The SMILES string of the molecule is Oc1ccc(CN2CCN(c3nc(-c4cnn5ccccc45)nc(N[C@@H]4CCCNC4)c3F)CC2)cc1. The van der Waals surface area contributed by atoms with Crippen molar-refractivity contribution in [3.05, 3.63) is 66.2 Å². The third kappa shape index (κ3) is 5.07. The summed E-state index contributed by atoms with van der Waals surface area (Å²) in [7, 11) is 0. The van der Waals surface area contributed by atoms with E-state index in [0.717, 1.165) is 62.2 Å². The van der Waals surface area contributed by atoms with E-state index in [0.29, 0.717) is 24.7 Å². The Kier molecular flexibility index (Phi) is 6.58. The lowest BCUT2D eigenvalue weighted by Gasteiger charge is -2.36. The Morgan fingerprint density at radius 3 is 2.68 bits per heavy atom. The van der Waals surface area contributed by atoms with E-state index >= 15 is 4.39 Å². The summed E-state index contributed by atoms with van der Waals surface area (Å²) in [6, 6.07) is 13.2. The van der Waals surface area contributed by atoms with Gasteiger partial charge in [0.15, 0.2) is 17.5 Å². The maximum absolute atomic E-state index is 15.9. The molecule has 2 aliphatic heterocycles. The molecule has 9 nitrogen and oxygen atoms in total. The highest BCUT2D eigenvalue weighted by Gasteiger charge is 2.26. The molecular weight excluding hydrogens is 471 g/mol. The Labute approximate surface area is 215 Å². The Balaban J connectivity index is 1.28. The van der Waals surface area contributed by atoms with Gasteiger partial charge in [-0.15, -0.1) is 0 Å². The van der Waals surface area contributed by atoms with Gasteiger partial charge in [0.25, 0.3) is 0 Å². The molecule has 5 heterocycles. The maximum Gasteiger partial charge on any atom is 0.207 e. The number of pyridine rings is 1. The lowest BCUT2D eigenvalue weighted by atomic mass is 10.1. The average Bonchev–Trinajstić information content (AvgIpc) is 3.37. The van der Waals surface area contributed by atoms with Crippen molar-refractivity contribution in [1.29, 1.82) is 0 Å². The minimum Gasteiger partial charge on any atom is -0.508 e. The number of halogens is 1. The van der Waals surface area contributed by atoms with Crippen molar-refractivity contribution >= 4 is 17.2 Å². The Bertz CT molecular complexity index is 1360. The molecule has 4 aromatic rings. The lowest BCUT2D eigenvalue weighted by Crippen LogP contribution is -2.46. The molecule has 0 bridgehead atoms. The second-order valence-electron chi connectivity index (χ2n) is 9.74.